The van der Waals surface area contributed by atoms with E-state index in [4.69, 9.17) is 15.6 Å². The smallest absolute Gasteiger partial charge is 0.265 e. The number of aromatic nitrogens is 1. The zero-order valence-electron chi connectivity index (χ0n) is 12.0. The van der Waals surface area contributed by atoms with E-state index in [-0.39, 0.29) is 30.5 Å². The fraction of sp³-hybridized carbons (Fsp3) is 0.667. The topological polar surface area (TPSA) is 110 Å². The summed E-state index contributed by atoms with van der Waals surface area (Å²) in [6.07, 6.45) is 0. The van der Waals surface area contributed by atoms with Gasteiger partial charge in [-0.05, 0) is 20.8 Å². The van der Waals surface area contributed by atoms with E-state index in [0.29, 0.717) is 23.2 Å². The van der Waals surface area contributed by atoms with Crippen LogP contribution in [0.1, 0.15) is 30.4 Å². The highest BCUT2D eigenvalue weighted by molar-refractivity contribution is 7.18. The summed E-state index contributed by atoms with van der Waals surface area (Å²) < 4.78 is 5.05. The molecular formula is C12H22N4O3S. The predicted octanol–water partition coefficient (Wildman–Crippen LogP) is 0.674. The van der Waals surface area contributed by atoms with E-state index in [2.05, 4.69) is 15.6 Å². The van der Waals surface area contributed by atoms with Crippen LogP contribution in [0.5, 0.6) is 0 Å². The molecular weight excluding hydrogens is 280 g/mol. The Kier molecular flexibility index (Phi) is 6.18. The summed E-state index contributed by atoms with van der Waals surface area (Å²) in [5.74, 6) is -0.0508. The van der Waals surface area contributed by atoms with Gasteiger partial charge in [0.05, 0.1) is 19.8 Å². The second kappa shape index (κ2) is 7.41. The molecule has 20 heavy (non-hydrogen) atoms. The molecule has 1 heterocycles. The number of aliphatic hydroxyl groups excluding tert-OH is 1. The van der Waals surface area contributed by atoms with Crippen molar-refractivity contribution in [3.63, 3.8) is 0 Å². The van der Waals surface area contributed by atoms with Crippen molar-refractivity contribution in [3.05, 3.63) is 4.88 Å². The Hall–Kier alpha value is -1.38. The quantitative estimate of drug-likeness (QED) is 0.551. The summed E-state index contributed by atoms with van der Waals surface area (Å²) >= 11 is 1.22. The molecule has 8 heteroatoms. The number of hydrogen-bond donors (Lipinski definition) is 4. The number of nitrogens with one attached hydrogen (secondary N) is 2. The van der Waals surface area contributed by atoms with Crippen molar-refractivity contribution >= 4 is 28.2 Å². The van der Waals surface area contributed by atoms with E-state index >= 15 is 0 Å². The number of carbonyl (C=O) groups is 1. The highest BCUT2D eigenvalue weighted by Crippen LogP contribution is 2.26. The number of ether oxygens (including phenoxy) is 1. The zero-order chi connectivity index (χ0) is 15.2. The average Bonchev–Trinajstić information content (AvgIpc) is 2.67. The van der Waals surface area contributed by atoms with E-state index in [0.717, 1.165) is 0 Å². The van der Waals surface area contributed by atoms with Crippen molar-refractivity contribution < 1.29 is 14.6 Å². The van der Waals surface area contributed by atoms with E-state index in [1.807, 2.05) is 20.8 Å². The maximum absolute atomic E-state index is 11.9. The highest BCUT2D eigenvalue weighted by atomic mass is 32.1. The Morgan fingerprint density at radius 2 is 2.15 bits per heavy atom. The van der Waals surface area contributed by atoms with Gasteiger partial charge in [0.2, 0.25) is 0 Å². The largest absolute Gasteiger partial charge is 0.394 e. The maximum atomic E-state index is 11.9. The first-order valence-corrected chi connectivity index (χ1v) is 7.16. The number of anilines is 2. The van der Waals surface area contributed by atoms with Crippen LogP contribution in [0.3, 0.4) is 0 Å². The summed E-state index contributed by atoms with van der Waals surface area (Å²) in [5, 5.41) is 15.0. The number of rotatable bonds is 7. The second-order valence-electron chi connectivity index (χ2n) is 5.20. The molecule has 0 atom stereocenters. The van der Waals surface area contributed by atoms with Crippen molar-refractivity contribution in [3.8, 4) is 0 Å². The van der Waals surface area contributed by atoms with Gasteiger partial charge < -0.3 is 26.2 Å². The van der Waals surface area contributed by atoms with Gasteiger partial charge in [0, 0.05) is 12.1 Å². The fourth-order valence-electron chi connectivity index (χ4n) is 1.35. The van der Waals surface area contributed by atoms with Crippen LogP contribution in [0.2, 0.25) is 0 Å². The number of thiazole rings is 1. The first kappa shape index (κ1) is 16.7. The molecule has 7 nitrogen and oxygen atoms in total. The van der Waals surface area contributed by atoms with Gasteiger partial charge in [-0.15, -0.1) is 0 Å². The number of amides is 1. The SMILES string of the molecule is CC(C)(C)Nc1nc(N)c(C(=O)NCCOCCO)s1. The summed E-state index contributed by atoms with van der Waals surface area (Å²) in [7, 11) is 0. The van der Waals surface area contributed by atoms with Crippen LogP contribution in [0.15, 0.2) is 0 Å². The minimum Gasteiger partial charge on any atom is -0.394 e. The third-order valence-corrected chi connectivity index (χ3v) is 3.09. The van der Waals surface area contributed by atoms with Gasteiger partial charge in [-0.2, -0.15) is 0 Å². The standard InChI is InChI=1S/C12H22N4O3S/c1-12(2,3)16-11-15-9(13)8(20-11)10(18)14-4-6-19-7-5-17/h17H,4-7,13H2,1-3H3,(H,14,18)(H,15,16). The molecule has 1 aromatic rings. The van der Waals surface area contributed by atoms with Gasteiger partial charge in [0.15, 0.2) is 5.13 Å². The van der Waals surface area contributed by atoms with E-state index in [9.17, 15) is 4.79 Å². The molecule has 114 valence electrons. The number of hydrogen-bond acceptors (Lipinski definition) is 7. The minimum atomic E-state index is -0.269. The molecule has 0 saturated carbocycles. The number of nitrogens with zero attached hydrogens (tertiary/aromatic N) is 1. The fourth-order valence-corrected chi connectivity index (χ4v) is 2.36. The van der Waals surface area contributed by atoms with E-state index in [1.165, 1.54) is 11.3 Å². The molecule has 1 rings (SSSR count). The van der Waals surface area contributed by atoms with E-state index < -0.39 is 0 Å². The molecule has 0 aliphatic heterocycles. The number of nitrogens with two attached hydrogens (primary N) is 1. The normalized spacial score (nSPS) is 11.4. The van der Waals surface area contributed by atoms with Crippen LogP contribution in [0.25, 0.3) is 0 Å². The average molecular weight is 302 g/mol. The summed E-state index contributed by atoms with van der Waals surface area (Å²) in [6, 6.07) is 0. The molecule has 1 amide bonds. The first-order chi connectivity index (χ1) is 9.33. The zero-order valence-corrected chi connectivity index (χ0v) is 12.8. The van der Waals surface area contributed by atoms with Gasteiger partial charge in [0.25, 0.3) is 5.91 Å². The summed E-state index contributed by atoms with van der Waals surface area (Å²) in [4.78, 5) is 16.4. The second-order valence-corrected chi connectivity index (χ2v) is 6.20. The third kappa shape index (κ3) is 5.72. The minimum absolute atomic E-state index is 0.0302. The summed E-state index contributed by atoms with van der Waals surface area (Å²) in [5.41, 5.74) is 5.60. The molecule has 0 spiro atoms. The number of nitrogen functional groups attached to an aromatic ring is 1. The molecule has 0 radical (unpaired) electrons. The van der Waals surface area contributed by atoms with Crippen LogP contribution >= 0.6 is 11.3 Å². The lowest BCUT2D eigenvalue weighted by Gasteiger charge is -2.19. The molecule has 0 aromatic carbocycles. The molecule has 0 aliphatic carbocycles. The molecule has 0 fully saturated rings. The maximum Gasteiger partial charge on any atom is 0.265 e. The van der Waals surface area contributed by atoms with Gasteiger partial charge in [-0.1, -0.05) is 11.3 Å². The van der Waals surface area contributed by atoms with Gasteiger partial charge >= 0.3 is 0 Å². The van der Waals surface area contributed by atoms with Crippen LogP contribution in [-0.4, -0.2) is 47.9 Å². The van der Waals surface area contributed by atoms with Crippen molar-refractivity contribution in [2.24, 2.45) is 0 Å². The van der Waals surface area contributed by atoms with Crippen LogP contribution in [-0.2, 0) is 4.74 Å². The molecule has 0 bridgehead atoms. The van der Waals surface area contributed by atoms with Gasteiger partial charge in [-0.25, -0.2) is 4.98 Å². The van der Waals surface area contributed by atoms with Crippen molar-refractivity contribution in [2.45, 2.75) is 26.3 Å². The number of carbonyl (C=O) groups excluding carboxylic acids is 1. The lowest BCUT2D eigenvalue weighted by molar-refractivity contribution is 0.0841. The lowest BCUT2D eigenvalue weighted by atomic mass is 10.1. The van der Waals surface area contributed by atoms with Gasteiger partial charge in [0.1, 0.15) is 10.7 Å². The molecule has 5 N–H and O–H groups in total. The van der Waals surface area contributed by atoms with Crippen molar-refractivity contribution in [1.29, 1.82) is 0 Å². The molecule has 1 aromatic heterocycles. The molecule has 0 aliphatic rings. The Balaban J connectivity index is 2.51. The Morgan fingerprint density at radius 3 is 2.75 bits per heavy atom. The van der Waals surface area contributed by atoms with Gasteiger partial charge in [-0.3, -0.25) is 4.79 Å². The first-order valence-electron chi connectivity index (χ1n) is 6.35. The third-order valence-electron chi connectivity index (χ3n) is 2.11. The lowest BCUT2D eigenvalue weighted by Crippen LogP contribution is -2.27. The van der Waals surface area contributed by atoms with Crippen molar-refractivity contribution in [2.75, 3.05) is 37.4 Å². The molecule has 0 saturated heterocycles. The van der Waals surface area contributed by atoms with Crippen molar-refractivity contribution in [1.82, 2.24) is 10.3 Å². The van der Waals surface area contributed by atoms with Crippen LogP contribution in [0, 0.1) is 0 Å². The number of aliphatic hydroxyl groups is 1. The summed E-state index contributed by atoms with van der Waals surface area (Å²) in [6.45, 7) is 6.95. The Labute approximate surface area is 122 Å². The molecule has 0 unspecified atom stereocenters. The Morgan fingerprint density at radius 1 is 1.45 bits per heavy atom. The van der Waals surface area contributed by atoms with E-state index in [1.54, 1.807) is 0 Å². The van der Waals surface area contributed by atoms with Crippen LogP contribution in [0.4, 0.5) is 10.9 Å². The monoisotopic (exact) mass is 302 g/mol. The Bertz CT molecular complexity index is 442. The highest BCUT2D eigenvalue weighted by Gasteiger charge is 2.18. The predicted molar refractivity (Wildman–Crippen MR) is 80.1 cm³/mol. The van der Waals surface area contributed by atoms with Crippen LogP contribution < -0.4 is 16.4 Å².